The lowest BCUT2D eigenvalue weighted by Gasteiger charge is -2.11. The van der Waals surface area contributed by atoms with Crippen LogP contribution in [0.1, 0.15) is 37.1 Å². The fourth-order valence-electron chi connectivity index (χ4n) is 3.56. The quantitative estimate of drug-likeness (QED) is 0.313. The number of thiophene rings is 1. The second-order valence-electron chi connectivity index (χ2n) is 7.27. The summed E-state index contributed by atoms with van der Waals surface area (Å²) in [6.45, 7) is 4.31. The Labute approximate surface area is 190 Å². The molecule has 0 spiro atoms. The molecular weight excluding hydrogens is 457 g/mol. The molecule has 0 bridgehead atoms. The predicted octanol–water partition coefficient (Wildman–Crippen LogP) is 4.91. The first kappa shape index (κ1) is 20.2. The van der Waals surface area contributed by atoms with Gasteiger partial charge >= 0.3 is 0 Å². The maximum atomic E-state index is 12.3. The number of thioether (sulfide) groups is 2. The molecule has 156 valence electrons. The van der Waals surface area contributed by atoms with E-state index in [0.29, 0.717) is 15.5 Å². The van der Waals surface area contributed by atoms with Crippen LogP contribution in [0, 0.1) is 0 Å². The van der Waals surface area contributed by atoms with Crippen LogP contribution in [-0.4, -0.2) is 41.5 Å². The molecular formula is C19H20N6OS4. The zero-order valence-electron chi connectivity index (χ0n) is 16.5. The van der Waals surface area contributed by atoms with E-state index in [0.717, 1.165) is 33.9 Å². The van der Waals surface area contributed by atoms with E-state index in [9.17, 15) is 4.79 Å². The van der Waals surface area contributed by atoms with Crippen molar-refractivity contribution in [2.24, 2.45) is 0 Å². The van der Waals surface area contributed by atoms with E-state index >= 15 is 0 Å². The van der Waals surface area contributed by atoms with E-state index in [4.69, 9.17) is 4.98 Å². The number of amides is 1. The Hall–Kier alpha value is -1.69. The molecule has 4 aromatic rings. The Balaban J connectivity index is 1.52. The van der Waals surface area contributed by atoms with Crippen molar-refractivity contribution in [3.8, 4) is 0 Å². The minimum Gasteiger partial charge on any atom is -0.301 e. The highest BCUT2D eigenvalue weighted by molar-refractivity contribution is 8.00. The molecule has 0 aliphatic heterocycles. The summed E-state index contributed by atoms with van der Waals surface area (Å²) < 4.78 is 2.04. The second kappa shape index (κ2) is 8.45. The SMILES string of the molecule is CC(C)Sc1nc2sc3c(c2c2nnc(SCC(=O)Nc4nccs4)n12)CCCC3. The molecule has 7 nitrogen and oxygen atoms in total. The molecule has 0 radical (unpaired) electrons. The van der Waals surface area contributed by atoms with Crippen molar-refractivity contribution in [3.63, 3.8) is 0 Å². The van der Waals surface area contributed by atoms with Gasteiger partial charge in [0.25, 0.3) is 0 Å². The fourth-order valence-corrected chi connectivity index (χ4v) is 7.05. The Morgan fingerprint density at radius 3 is 2.93 bits per heavy atom. The average molecular weight is 477 g/mol. The summed E-state index contributed by atoms with van der Waals surface area (Å²) in [5.41, 5.74) is 2.26. The minimum atomic E-state index is -0.105. The molecule has 5 rings (SSSR count). The van der Waals surface area contributed by atoms with E-state index < -0.39 is 0 Å². The highest BCUT2D eigenvalue weighted by atomic mass is 32.2. The van der Waals surface area contributed by atoms with Crippen molar-refractivity contribution in [3.05, 3.63) is 22.0 Å². The molecule has 30 heavy (non-hydrogen) atoms. The molecule has 4 aromatic heterocycles. The van der Waals surface area contributed by atoms with E-state index in [2.05, 4.69) is 34.3 Å². The monoisotopic (exact) mass is 476 g/mol. The van der Waals surface area contributed by atoms with Crippen molar-refractivity contribution in [1.82, 2.24) is 24.6 Å². The van der Waals surface area contributed by atoms with Gasteiger partial charge in [0.1, 0.15) is 4.83 Å². The number of hydrogen-bond acceptors (Lipinski definition) is 9. The van der Waals surface area contributed by atoms with Gasteiger partial charge in [0.05, 0.1) is 11.1 Å². The van der Waals surface area contributed by atoms with Crippen LogP contribution in [0.25, 0.3) is 15.9 Å². The highest BCUT2D eigenvalue weighted by Crippen LogP contribution is 2.40. The fraction of sp³-hybridized carbons (Fsp3) is 0.421. The second-order valence-corrected chi connectivity index (χ2v) is 11.7. The van der Waals surface area contributed by atoms with Gasteiger partial charge in [-0.2, -0.15) is 0 Å². The smallest absolute Gasteiger partial charge is 0.236 e. The Bertz CT molecular complexity index is 1210. The lowest BCUT2D eigenvalue weighted by atomic mass is 9.97. The molecule has 0 saturated carbocycles. The van der Waals surface area contributed by atoms with Crippen molar-refractivity contribution in [2.45, 2.75) is 55.1 Å². The number of aromatic nitrogens is 5. The van der Waals surface area contributed by atoms with Crippen molar-refractivity contribution in [1.29, 1.82) is 0 Å². The van der Waals surface area contributed by atoms with E-state index in [1.165, 1.54) is 46.4 Å². The summed E-state index contributed by atoms with van der Waals surface area (Å²) in [6.07, 6.45) is 6.33. The van der Waals surface area contributed by atoms with E-state index in [1.54, 1.807) is 29.3 Å². The first-order chi connectivity index (χ1) is 14.6. The number of nitrogens with one attached hydrogen (secondary N) is 1. The van der Waals surface area contributed by atoms with Crippen LogP contribution in [0.2, 0.25) is 0 Å². The highest BCUT2D eigenvalue weighted by Gasteiger charge is 2.24. The number of anilines is 1. The van der Waals surface area contributed by atoms with Crippen molar-refractivity contribution in [2.75, 3.05) is 11.1 Å². The summed E-state index contributed by atoms with van der Waals surface area (Å²) in [5, 5.41) is 17.4. The third-order valence-electron chi connectivity index (χ3n) is 4.75. The zero-order chi connectivity index (χ0) is 20.7. The normalized spacial score (nSPS) is 14.0. The molecule has 0 aromatic carbocycles. The van der Waals surface area contributed by atoms with Crippen LogP contribution in [0.4, 0.5) is 5.13 Å². The number of thiazole rings is 1. The topological polar surface area (TPSA) is 85.1 Å². The van der Waals surface area contributed by atoms with Gasteiger partial charge in [-0.15, -0.1) is 32.9 Å². The molecule has 1 amide bonds. The molecule has 0 fully saturated rings. The van der Waals surface area contributed by atoms with Gasteiger partial charge in [-0.05, 0) is 31.2 Å². The Morgan fingerprint density at radius 1 is 1.27 bits per heavy atom. The average Bonchev–Trinajstić information content (AvgIpc) is 3.43. The number of carbonyl (C=O) groups is 1. The minimum absolute atomic E-state index is 0.105. The molecule has 1 aliphatic rings. The van der Waals surface area contributed by atoms with E-state index in [1.807, 2.05) is 9.78 Å². The van der Waals surface area contributed by atoms with Gasteiger partial charge in [-0.1, -0.05) is 37.4 Å². The van der Waals surface area contributed by atoms with Gasteiger partial charge < -0.3 is 5.32 Å². The molecule has 0 saturated heterocycles. The molecule has 0 atom stereocenters. The number of rotatable bonds is 6. The number of hydrogen-bond donors (Lipinski definition) is 1. The molecule has 4 heterocycles. The molecule has 1 N–H and O–H groups in total. The van der Waals surface area contributed by atoms with Gasteiger partial charge in [0.2, 0.25) is 5.91 Å². The van der Waals surface area contributed by atoms with Crippen molar-refractivity contribution >= 4 is 73.1 Å². The van der Waals surface area contributed by atoms with Gasteiger partial charge in [0.15, 0.2) is 21.1 Å². The third-order valence-corrected chi connectivity index (χ3v) is 8.51. The Kier molecular flexibility index (Phi) is 5.69. The van der Waals surface area contributed by atoms with Gasteiger partial charge in [-0.3, -0.25) is 4.79 Å². The standard InChI is InChI=1S/C19H20N6OS4/c1-10(2)29-18-22-16-14(11-5-3-4-6-12(11)30-16)15-23-24-19(25(15)18)28-9-13(26)21-17-20-7-8-27-17/h7-8,10H,3-6,9H2,1-2H3,(H,20,21,26). The van der Waals surface area contributed by atoms with Crippen LogP contribution in [0.5, 0.6) is 0 Å². The first-order valence-corrected chi connectivity index (χ1v) is 13.3. The van der Waals surface area contributed by atoms with Crippen LogP contribution in [0.15, 0.2) is 21.9 Å². The van der Waals surface area contributed by atoms with Gasteiger partial charge in [0, 0.05) is 21.7 Å². The summed E-state index contributed by atoms with van der Waals surface area (Å²) >= 11 is 6.29. The summed E-state index contributed by atoms with van der Waals surface area (Å²) in [5.74, 6) is 0.137. The lowest BCUT2D eigenvalue weighted by molar-refractivity contribution is -0.113. The largest absolute Gasteiger partial charge is 0.301 e. The van der Waals surface area contributed by atoms with Crippen LogP contribution in [-0.2, 0) is 17.6 Å². The van der Waals surface area contributed by atoms with E-state index in [-0.39, 0.29) is 11.7 Å². The first-order valence-electron chi connectivity index (χ1n) is 9.78. The maximum absolute atomic E-state index is 12.3. The van der Waals surface area contributed by atoms with Gasteiger partial charge in [-0.25, -0.2) is 14.4 Å². The zero-order valence-corrected chi connectivity index (χ0v) is 19.8. The van der Waals surface area contributed by atoms with Crippen LogP contribution in [0.3, 0.4) is 0 Å². The third kappa shape index (κ3) is 3.83. The summed E-state index contributed by atoms with van der Waals surface area (Å²) in [7, 11) is 0. The van der Waals surface area contributed by atoms with Crippen LogP contribution >= 0.6 is 46.2 Å². The number of carbonyl (C=O) groups excluding carboxylic acids is 1. The number of nitrogens with zero attached hydrogens (tertiary/aromatic N) is 5. The molecule has 0 unspecified atom stereocenters. The Morgan fingerprint density at radius 2 is 2.13 bits per heavy atom. The van der Waals surface area contributed by atoms with Crippen molar-refractivity contribution < 1.29 is 4.79 Å². The lowest BCUT2D eigenvalue weighted by Crippen LogP contribution is -2.14. The summed E-state index contributed by atoms with van der Waals surface area (Å²) in [4.78, 5) is 23.9. The molecule has 1 aliphatic carbocycles. The maximum Gasteiger partial charge on any atom is 0.236 e. The number of fused-ring (bicyclic) bond motifs is 5. The summed E-state index contributed by atoms with van der Waals surface area (Å²) in [6, 6.07) is 0. The molecule has 11 heteroatoms. The van der Waals surface area contributed by atoms with Crippen LogP contribution < -0.4 is 5.32 Å². The number of aryl methyl sites for hydroxylation is 2. The predicted molar refractivity (Wildman–Crippen MR) is 125 cm³/mol.